The Labute approximate surface area is 249 Å². The van der Waals surface area contributed by atoms with Crippen LogP contribution in [0.2, 0.25) is 0 Å². The second kappa shape index (κ2) is 10.2. The minimum atomic E-state index is -0.633. The van der Waals surface area contributed by atoms with Gasteiger partial charge >= 0.3 is 13.2 Å². The molecule has 1 N–H and O–H groups in total. The van der Waals surface area contributed by atoms with Crippen LogP contribution in [0.5, 0.6) is 0 Å². The number of aliphatic imine (C=N–C) groups is 1. The molecule has 9 heteroatoms. The fourth-order valence-corrected chi connectivity index (χ4v) is 6.42. The SMILES string of the molecule is COC(=O)N[C@H](C(=O)N1CC2(CC2)C[C@H]1C1=NC=C(c2ccc3cc(B4OC(C)(C)C(C)(C)O4)ccc3c2)C1)C(C)C. The lowest BCUT2D eigenvalue weighted by molar-refractivity contribution is -0.134. The summed E-state index contributed by atoms with van der Waals surface area (Å²) in [5, 5.41) is 5.04. The van der Waals surface area contributed by atoms with Crippen LogP contribution < -0.4 is 10.8 Å². The maximum absolute atomic E-state index is 13.8. The van der Waals surface area contributed by atoms with Crippen LogP contribution in [0, 0.1) is 11.3 Å². The predicted molar refractivity (Wildman–Crippen MR) is 166 cm³/mol. The summed E-state index contributed by atoms with van der Waals surface area (Å²) in [6.07, 6.45) is 5.29. The molecule has 0 unspecified atom stereocenters. The zero-order chi connectivity index (χ0) is 30.0. The monoisotopic (exact) mass is 571 g/mol. The number of ether oxygens (including phenoxy) is 1. The summed E-state index contributed by atoms with van der Waals surface area (Å²) in [6.45, 7) is 12.9. The number of hydrogen-bond acceptors (Lipinski definition) is 6. The molecule has 2 amide bonds. The molecule has 2 aromatic carbocycles. The van der Waals surface area contributed by atoms with Crippen molar-refractivity contribution in [3.63, 3.8) is 0 Å². The van der Waals surface area contributed by atoms with Crippen molar-refractivity contribution in [2.75, 3.05) is 13.7 Å². The Morgan fingerprint density at radius 1 is 1.05 bits per heavy atom. The van der Waals surface area contributed by atoms with Crippen molar-refractivity contribution in [3.05, 3.63) is 48.2 Å². The highest BCUT2D eigenvalue weighted by molar-refractivity contribution is 6.62. The highest BCUT2D eigenvalue weighted by Crippen LogP contribution is 2.55. The second-order valence-electron chi connectivity index (χ2n) is 13.9. The molecule has 1 aliphatic carbocycles. The van der Waals surface area contributed by atoms with Gasteiger partial charge in [-0.25, -0.2) is 4.79 Å². The number of allylic oxidation sites excluding steroid dienone is 1. The lowest BCUT2D eigenvalue weighted by Crippen LogP contribution is -2.53. The summed E-state index contributed by atoms with van der Waals surface area (Å²) < 4.78 is 17.3. The molecule has 3 fully saturated rings. The molecule has 8 nitrogen and oxygen atoms in total. The van der Waals surface area contributed by atoms with Gasteiger partial charge in [0.05, 0.1) is 24.4 Å². The number of benzene rings is 2. The molecule has 1 saturated carbocycles. The number of nitrogens with zero attached hydrogens (tertiary/aromatic N) is 2. The topological polar surface area (TPSA) is 89.5 Å². The predicted octanol–water partition coefficient (Wildman–Crippen LogP) is 5.09. The van der Waals surface area contributed by atoms with Gasteiger partial charge < -0.3 is 24.3 Å². The first-order chi connectivity index (χ1) is 19.8. The van der Waals surface area contributed by atoms with Crippen LogP contribution in [0.4, 0.5) is 4.79 Å². The van der Waals surface area contributed by atoms with E-state index in [0.29, 0.717) is 6.42 Å². The van der Waals surface area contributed by atoms with E-state index in [0.717, 1.165) is 58.9 Å². The first kappa shape index (κ1) is 28.9. The lowest BCUT2D eigenvalue weighted by atomic mass is 9.78. The lowest BCUT2D eigenvalue weighted by Gasteiger charge is -2.32. The van der Waals surface area contributed by atoms with Crippen LogP contribution in [-0.2, 0) is 18.8 Å². The minimum absolute atomic E-state index is 0.0520. The molecule has 222 valence electrons. The van der Waals surface area contributed by atoms with Gasteiger partial charge in [0.1, 0.15) is 6.04 Å². The number of rotatable bonds is 6. The molecule has 3 heterocycles. The number of methoxy groups -OCH3 is 1. The Hall–Kier alpha value is -3.17. The first-order valence-electron chi connectivity index (χ1n) is 15.1. The average molecular weight is 572 g/mol. The van der Waals surface area contributed by atoms with Crippen molar-refractivity contribution in [3.8, 4) is 0 Å². The summed E-state index contributed by atoms with van der Waals surface area (Å²) in [6, 6.07) is 12.2. The molecule has 3 aliphatic heterocycles. The Balaban J connectivity index is 1.17. The molecule has 6 rings (SSSR count). The average Bonchev–Trinajstić information content (AvgIpc) is 3.26. The van der Waals surface area contributed by atoms with E-state index in [2.05, 4.69) is 69.4 Å². The van der Waals surface area contributed by atoms with Crippen LogP contribution in [0.1, 0.15) is 72.8 Å². The molecule has 0 radical (unpaired) electrons. The Kier molecular flexibility index (Phi) is 7.05. The molecule has 2 atom stereocenters. The molecule has 0 aromatic heterocycles. The second-order valence-corrected chi connectivity index (χ2v) is 13.9. The van der Waals surface area contributed by atoms with Crippen molar-refractivity contribution < 1.29 is 23.6 Å². The quantitative estimate of drug-likeness (QED) is 0.489. The van der Waals surface area contributed by atoms with Gasteiger partial charge in [-0.2, -0.15) is 0 Å². The van der Waals surface area contributed by atoms with Gasteiger partial charge in [0.2, 0.25) is 5.91 Å². The van der Waals surface area contributed by atoms with Crippen LogP contribution >= 0.6 is 0 Å². The molecule has 0 bridgehead atoms. The summed E-state index contributed by atoms with van der Waals surface area (Å²) in [7, 11) is 0.929. The number of alkyl carbamates (subject to hydrolysis) is 1. The van der Waals surface area contributed by atoms with E-state index in [1.54, 1.807) is 0 Å². The Morgan fingerprint density at radius 2 is 1.71 bits per heavy atom. The number of hydrogen-bond donors (Lipinski definition) is 1. The van der Waals surface area contributed by atoms with E-state index in [9.17, 15) is 9.59 Å². The molecule has 1 spiro atoms. The number of amides is 2. The van der Waals surface area contributed by atoms with Crippen molar-refractivity contribution >= 4 is 46.6 Å². The van der Waals surface area contributed by atoms with E-state index < -0.39 is 19.3 Å². The van der Waals surface area contributed by atoms with Crippen LogP contribution in [0.25, 0.3) is 16.3 Å². The fraction of sp³-hybridized carbons (Fsp3) is 0.545. The molecule has 2 aromatic rings. The van der Waals surface area contributed by atoms with Gasteiger partial charge in [0.15, 0.2) is 0 Å². The third-order valence-corrected chi connectivity index (χ3v) is 10.0. The van der Waals surface area contributed by atoms with Gasteiger partial charge in [-0.3, -0.25) is 9.79 Å². The summed E-state index contributed by atoms with van der Waals surface area (Å²) in [4.78, 5) is 32.6. The fourth-order valence-electron chi connectivity index (χ4n) is 6.42. The molecular formula is C33H42BN3O5. The summed E-state index contributed by atoms with van der Waals surface area (Å²) in [5.74, 6) is -0.112. The highest BCUT2D eigenvalue weighted by Gasteiger charge is 2.55. The first-order valence-corrected chi connectivity index (χ1v) is 15.1. The minimum Gasteiger partial charge on any atom is -0.453 e. The van der Waals surface area contributed by atoms with E-state index in [1.165, 1.54) is 7.11 Å². The number of likely N-dealkylation sites (tertiary alicyclic amines) is 1. The van der Waals surface area contributed by atoms with Crippen molar-refractivity contribution in [2.45, 2.75) is 90.5 Å². The zero-order valence-corrected chi connectivity index (χ0v) is 25.8. The van der Waals surface area contributed by atoms with Crippen molar-refractivity contribution in [2.24, 2.45) is 16.3 Å². The number of fused-ring (bicyclic) bond motifs is 1. The van der Waals surface area contributed by atoms with E-state index in [4.69, 9.17) is 19.0 Å². The zero-order valence-electron chi connectivity index (χ0n) is 25.8. The van der Waals surface area contributed by atoms with Gasteiger partial charge in [0.25, 0.3) is 0 Å². The normalized spacial score (nSPS) is 24.2. The molecule has 42 heavy (non-hydrogen) atoms. The van der Waals surface area contributed by atoms with Gasteiger partial charge in [-0.15, -0.1) is 0 Å². The Bertz CT molecular complexity index is 1480. The smallest absolute Gasteiger partial charge is 0.453 e. The van der Waals surface area contributed by atoms with E-state index in [1.807, 2.05) is 24.9 Å². The standard InChI is InChI=1S/C33H42BN3O5/c1-20(2)28(36-30(39)40-7)29(38)37-19-33(12-13-33)17-27(37)26-16-24(18-35-26)22-8-9-23-15-25(11-10-21(23)14-22)34-41-31(3,4)32(5,6)42-34/h8-11,14-15,18,20,27-28H,12-13,16-17,19H2,1-7H3,(H,36,39)/t27-,28-/m0/s1. The number of carbonyl (C=O) groups excluding carboxylic acids is 2. The number of nitrogens with one attached hydrogen (secondary N) is 1. The van der Waals surface area contributed by atoms with E-state index >= 15 is 0 Å². The largest absolute Gasteiger partial charge is 0.494 e. The number of carbonyl (C=O) groups is 2. The van der Waals surface area contributed by atoms with Crippen LogP contribution in [0.3, 0.4) is 0 Å². The third kappa shape index (κ3) is 5.15. The summed E-state index contributed by atoms with van der Waals surface area (Å²) >= 11 is 0. The highest BCUT2D eigenvalue weighted by atomic mass is 16.7. The van der Waals surface area contributed by atoms with Gasteiger partial charge in [-0.1, -0.05) is 44.2 Å². The van der Waals surface area contributed by atoms with Crippen LogP contribution in [0.15, 0.2) is 47.6 Å². The maximum Gasteiger partial charge on any atom is 0.494 e. The Morgan fingerprint density at radius 3 is 2.36 bits per heavy atom. The molecule has 2 saturated heterocycles. The van der Waals surface area contributed by atoms with Gasteiger partial charge in [-0.05, 0) is 91.7 Å². The van der Waals surface area contributed by atoms with Crippen molar-refractivity contribution in [1.29, 1.82) is 0 Å². The third-order valence-electron chi connectivity index (χ3n) is 10.0. The van der Waals surface area contributed by atoms with E-state index in [-0.39, 0.29) is 34.5 Å². The summed E-state index contributed by atoms with van der Waals surface area (Å²) in [5.41, 5.74) is 3.76. The van der Waals surface area contributed by atoms with Crippen LogP contribution in [-0.4, -0.2) is 66.7 Å². The van der Waals surface area contributed by atoms with Gasteiger partial charge in [0, 0.05) is 24.9 Å². The molecule has 4 aliphatic rings. The molecular weight excluding hydrogens is 529 g/mol. The maximum atomic E-state index is 13.8. The van der Waals surface area contributed by atoms with Crippen molar-refractivity contribution in [1.82, 2.24) is 10.2 Å².